The third kappa shape index (κ3) is 6.02. The number of amides is 1. The molecular formula is C33H36N2O4. The van der Waals surface area contributed by atoms with E-state index >= 15 is 0 Å². The summed E-state index contributed by atoms with van der Waals surface area (Å²) in [5.74, 6) is 2.12. The van der Waals surface area contributed by atoms with Crippen molar-refractivity contribution in [2.24, 2.45) is 0 Å². The predicted molar refractivity (Wildman–Crippen MR) is 155 cm³/mol. The molecule has 202 valence electrons. The molecule has 1 N–H and O–H groups in total. The molecule has 0 bridgehead atoms. The first-order valence-electron chi connectivity index (χ1n) is 13.5. The normalized spacial score (nSPS) is 17.2. The fraction of sp³-hybridized carbons (Fsp3) is 0.303. The minimum atomic E-state index is 0.00716. The Kier molecular flexibility index (Phi) is 8.33. The molecule has 1 aliphatic rings. The van der Waals surface area contributed by atoms with Crippen molar-refractivity contribution in [3.8, 4) is 17.2 Å². The van der Waals surface area contributed by atoms with E-state index in [1.807, 2.05) is 23.1 Å². The van der Waals surface area contributed by atoms with Gasteiger partial charge in [0.2, 0.25) is 0 Å². The van der Waals surface area contributed by atoms with Gasteiger partial charge in [-0.25, -0.2) is 0 Å². The van der Waals surface area contributed by atoms with Crippen LogP contribution in [-0.4, -0.2) is 50.8 Å². The summed E-state index contributed by atoms with van der Waals surface area (Å²) in [6, 6.07) is 28.7. The van der Waals surface area contributed by atoms with Gasteiger partial charge in [-0.3, -0.25) is 4.79 Å². The first-order valence-corrected chi connectivity index (χ1v) is 13.5. The number of benzene rings is 4. The highest BCUT2D eigenvalue weighted by Gasteiger charge is 2.32. The average Bonchev–Trinajstić information content (AvgIpc) is 2.99. The minimum Gasteiger partial charge on any atom is -0.497 e. The van der Waals surface area contributed by atoms with Crippen molar-refractivity contribution >= 4 is 16.7 Å². The van der Waals surface area contributed by atoms with Gasteiger partial charge in [0, 0.05) is 42.2 Å². The molecule has 0 saturated carbocycles. The smallest absolute Gasteiger partial charge is 0.254 e. The Hall–Kier alpha value is -4.03. The minimum absolute atomic E-state index is 0.00716. The van der Waals surface area contributed by atoms with Crippen LogP contribution in [0.25, 0.3) is 10.8 Å². The number of carbonyl (C=O) groups excluding carboxylic acids is 1. The van der Waals surface area contributed by atoms with Crippen LogP contribution < -0.4 is 19.5 Å². The van der Waals surface area contributed by atoms with E-state index in [1.165, 1.54) is 16.5 Å². The molecule has 4 aromatic rings. The quantitative estimate of drug-likeness (QED) is 0.297. The third-order valence-electron chi connectivity index (χ3n) is 7.66. The highest BCUT2D eigenvalue weighted by atomic mass is 16.5. The van der Waals surface area contributed by atoms with Crippen LogP contribution in [0.4, 0.5) is 0 Å². The van der Waals surface area contributed by atoms with Gasteiger partial charge in [0.25, 0.3) is 5.91 Å². The molecule has 1 saturated heterocycles. The first kappa shape index (κ1) is 26.6. The van der Waals surface area contributed by atoms with Gasteiger partial charge >= 0.3 is 0 Å². The standard InChI is InChI=1S/C33H36N2O4/c1-37-28-18-25(19-29(21-28)38-2)33(36)35-16-15-26(20-27(35)17-23-9-5-4-6-10-23)34-22-24-13-14-32(39-3)31-12-8-7-11-30(24)31/h4-14,18-19,21,26-27,34H,15-17,20,22H2,1-3H3/t26-,27+/m0/s1. The van der Waals surface area contributed by atoms with E-state index < -0.39 is 0 Å². The number of carbonyl (C=O) groups is 1. The maximum Gasteiger partial charge on any atom is 0.254 e. The Morgan fingerprint density at radius 2 is 1.54 bits per heavy atom. The second-order valence-electron chi connectivity index (χ2n) is 10.0. The van der Waals surface area contributed by atoms with Gasteiger partial charge in [0.15, 0.2) is 0 Å². The summed E-state index contributed by atoms with van der Waals surface area (Å²) in [5.41, 5.74) is 3.05. The van der Waals surface area contributed by atoms with Crippen LogP contribution in [0, 0.1) is 0 Å². The van der Waals surface area contributed by atoms with Crippen molar-refractivity contribution in [3.63, 3.8) is 0 Å². The number of fused-ring (bicyclic) bond motifs is 1. The molecular weight excluding hydrogens is 488 g/mol. The highest BCUT2D eigenvalue weighted by Crippen LogP contribution is 2.30. The Morgan fingerprint density at radius 3 is 2.23 bits per heavy atom. The van der Waals surface area contributed by atoms with Crippen molar-refractivity contribution in [2.75, 3.05) is 27.9 Å². The second kappa shape index (κ2) is 12.2. The van der Waals surface area contributed by atoms with E-state index in [2.05, 4.69) is 53.8 Å². The van der Waals surface area contributed by atoms with Crippen LogP contribution >= 0.6 is 0 Å². The topological polar surface area (TPSA) is 60.0 Å². The molecule has 2 atom stereocenters. The fourth-order valence-corrected chi connectivity index (χ4v) is 5.60. The number of nitrogens with zero attached hydrogens (tertiary/aromatic N) is 1. The van der Waals surface area contributed by atoms with Gasteiger partial charge in [-0.05, 0) is 54.0 Å². The van der Waals surface area contributed by atoms with Crippen LogP contribution in [-0.2, 0) is 13.0 Å². The van der Waals surface area contributed by atoms with Crippen molar-refractivity contribution in [1.82, 2.24) is 10.2 Å². The Balaban J connectivity index is 1.35. The molecule has 0 radical (unpaired) electrons. The molecule has 1 heterocycles. The lowest BCUT2D eigenvalue weighted by atomic mass is 9.91. The third-order valence-corrected chi connectivity index (χ3v) is 7.66. The van der Waals surface area contributed by atoms with E-state index in [0.29, 0.717) is 29.6 Å². The van der Waals surface area contributed by atoms with Gasteiger partial charge in [-0.15, -0.1) is 0 Å². The maximum absolute atomic E-state index is 13.8. The monoisotopic (exact) mass is 524 g/mol. The zero-order valence-corrected chi connectivity index (χ0v) is 22.9. The van der Waals surface area contributed by atoms with Crippen molar-refractivity contribution in [1.29, 1.82) is 0 Å². The number of methoxy groups -OCH3 is 3. The van der Waals surface area contributed by atoms with E-state index in [0.717, 1.165) is 36.9 Å². The van der Waals surface area contributed by atoms with Crippen LogP contribution in [0.1, 0.15) is 34.3 Å². The fourth-order valence-electron chi connectivity index (χ4n) is 5.60. The van der Waals surface area contributed by atoms with Gasteiger partial charge in [-0.2, -0.15) is 0 Å². The summed E-state index contributed by atoms with van der Waals surface area (Å²) in [6.07, 6.45) is 2.55. The van der Waals surface area contributed by atoms with Gasteiger partial charge in [-0.1, -0.05) is 60.7 Å². The molecule has 0 aromatic heterocycles. The van der Waals surface area contributed by atoms with E-state index in [4.69, 9.17) is 14.2 Å². The first-order chi connectivity index (χ1) is 19.1. The van der Waals surface area contributed by atoms with Crippen molar-refractivity contribution in [3.05, 3.63) is 102 Å². The van der Waals surface area contributed by atoms with Gasteiger partial charge in [0.05, 0.1) is 21.3 Å². The largest absolute Gasteiger partial charge is 0.497 e. The lowest BCUT2D eigenvalue weighted by molar-refractivity contribution is 0.0575. The summed E-state index contributed by atoms with van der Waals surface area (Å²) in [4.78, 5) is 15.8. The van der Waals surface area contributed by atoms with Crippen LogP contribution in [0.3, 0.4) is 0 Å². The van der Waals surface area contributed by atoms with Crippen molar-refractivity contribution in [2.45, 2.75) is 37.9 Å². The Morgan fingerprint density at radius 1 is 0.846 bits per heavy atom. The summed E-state index contributed by atoms with van der Waals surface area (Å²) in [7, 11) is 4.91. The number of hydrogen-bond donors (Lipinski definition) is 1. The lowest BCUT2D eigenvalue weighted by Crippen LogP contribution is -2.51. The summed E-state index contributed by atoms with van der Waals surface area (Å²) in [6.45, 7) is 1.44. The molecule has 0 unspecified atom stereocenters. The second-order valence-corrected chi connectivity index (χ2v) is 10.0. The zero-order chi connectivity index (χ0) is 27.2. The summed E-state index contributed by atoms with van der Waals surface area (Å²) in [5, 5.41) is 6.12. The van der Waals surface area contributed by atoms with E-state index in [1.54, 1.807) is 39.5 Å². The molecule has 1 fully saturated rings. The number of ether oxygens (including phenoxy) is 3. The van der Waals surface area contributed by atoms with E-state index in [9.17, 15) is 4.79 Å². The highest BCUT2D eigenvalue weighted by molar-refractivity contribution is 5.95. The average molecular weight is 525 g/mol. The maximum atomic E-state index is 13.8. The Labute approximate surface area is 230 Å². The predicted octanol–water partition coefficient (Wildman–Crippen LogP) is 5.87. The SMILES string of the molecule is COc1cc(OC)cc(C(=O)N2CC[C@H](NCc3ccc(OC)c4ccccc34)C[C@H]2Cc2ccccc2)c1. The molecule has 5 rings (SSSR count). The number of nitrogens with one attached hydrogen (secondary N) is 1. The van der Waals surface area contributed by atoms with Gasteiger partial charge in [0.1, 0.15) is 17.2 Å². The molecule has 6 heteroatoms. The number of rotatable bonds is 9. The molecule has 0 spiro atoms. The van der Waals surface area contributed by atoms with Gasteiger partial charge < -0.3 is 24.4 Å². The molecule has 0 aliphatic carbocycles. The summed E-state index contributed by atoms with van der Waals surface area (Å²) < 4.78 is 16.4. The molecule has 1 amide bonds. The molecule has 4 aromatic carbocycles. The molecule has 39 heavy (non-hydrogen) atoms. The summed E-state index contributed by atoms with van der Waals surface area (Å²) >= 11 is 0. The molecule has 1 aliphatic heterocycles. The van der Waals surface area contributed by atoms with Crippen LogP contribution in [0.5, 0.6) is 17.2 Å². The number of hydrogen-bond acceptors (Lipinski definition) is 5. The molecule has 6 nitrogen and oxygen atoms in total. The Bertz CT molecular complexity index is 1400. The number of likely N-dealkylation sites (tertiary alicyclic amines) is 1. The van der Waals surface area contributed by atoms with Crippen molar-refractivity contribution < 1.29 is 19.0 Å². The zero-order valence-electron chi connectivity index (χ0n) is 22.9. The number of piperidine rings is 1. The van der Waals surface area contributed by atoms with Crippen LogP contribution in [0.15, 0.2) is 84.9 Å². The van der Waals surface area contributed by atoms with Crippen LogP contribution in [0.2, 0.25) is 0 Å². The van der Waals surface area contributed by atoms with E-state index in [-0.39, 0.29) is 11.9 Å². The lowest BCUT2D eigenvalue weighted by Gasteiger charge is -2.40.